The van der Waals surface area contributed by atoms with Crippen LogP contribution in [0.5, 0.6) is 0 Å². The SMILES string of the molecule is COCCOCc1cc(C(=O)NC2CCCNC2)ccc1F.Cl. The van der Waals surface area contributed by atoms with Crippen LogP contribution in [0.3, 0.4) is 0 Å². The Morgan fingerprint density at radius 3 is 2.96 bits per heavy atom. The summed E-state index contributed by atoms with van der Waals surface area (Å²) in [5, 5.41) is 6.22. The number of hydrogen-bond donors (Lipinski definition) is 2. The molecule has 7 heteroatoms. The lowest BCUT2D eigenvalue weighted by Crippen LogP contribution is -2.45. The standard InChI is InChI=1S/C16H23FN2O3.ClH/c1-21-7-8-22-11-13-9-12(4-5-15(13)17)16(20)19-14-3-2-6-18-10-14;/h4-5,9,14,18H,2-3,6-8,10-11H2,1H3,(H,19,20);1H. The molecular weight excluding hydrogens is 323 g/mol. The number of nitrogens with one attached hydrogen (secondary N) is 2. The summed E-state index contributed by atoms with van der Waals surface area (Å²) in [7, 11) is 1.58. The molecular formula is C16H24ClFN2O3. The number of methoxy groups -OCH3 is 1. The number of ether oxygens (including phenoxy) is 2. The van der Waals surface area contributed by atoms with E-state index in [2.05, 4.69) is 10.6 Å². The Labute approximate surface area is 142 Å². The summed E-state index contributed by atoms with van der Waals surface area (Å²) in [5.41, 5.74) is 0.836. The van der Waals surface area contributed by atoms with Crippen molar-refractivity contribution in [2.24, 2.45) is 0 Å². The van der Waals surface area contributed by atoms with E-state index in [0.29, 0.717) is 24.3 Å². The lowest BCUT2D eigenvalue weighted by atomic mass is 10.1. The first-order chi connectivity index (χ1) is 10.7. The fourth-order valence-electron chi connectivity index (χ4n) is 2.39. The van der Waals surface area contributed by atoms with Crippen LogP contribution >= 0.6 is 12.4 Å². The van der Waals surface area contributed by atoms with Crippen LogP contribution in [0.1, 0.15) is 28.8 Å². The summed E-state index contributed by atoms with van der Waals surface area (Å²) in [6.07, 6.45) is 2.01. The predicted molar refractivity (Wildman–Crippen MR) is 88.5 cm³/mol. The number of halogens is 2. The van der Waals surface area contributed by atoms with Crippen LogP contribution in [-0.2, 0) is 16.1 Å². The molecule has 1 atom stereocenters. The second-order valence-corrected chi connectivity index (χ2v) is 5.37. The van der Waals surface area contributed by atoms with E-state index in [1.807, 2.05) is 0 Å². The van der Waals surface area contributed by atoms with E-state index in [4.69, 9.17) is 9.47 Å². The van der Waals surface area contributed by atoms with Crippen LogP contribution in [0.15, 0.2) is 18.2 Å². The highest BCUT2D eigenvalue weighted by atomic mass is 35.5. The van der Waals surface area contributed by atoms with Crippen LogP contribution < -0.4 is 10.6 Å². The second-order valence-electron chi connectivity index (χ2n) is 5.37. The molecule has 1 aliphatic heterocycles. The Balaban J connectivity index is 0.00000264. The molecule has 1 aromatic rings. The van der Waals surface area contributed by atoms with Gasteiger partial charge in [0.1, 0.15) is 5.82 Å². The van der Waals surface area contributed by atoms with Gasteiger partial charge in [0.15, 0.2) is 0 Å². The van der Waals surface area contributed by atoms with Crippen molar-refractivity contribution < 1.29 is 18.7 Å². The van der Waals surface area contributed by atoms with Gasteiger partial charge >= 0.3 is 0 Å². The fraction of sp³-hybridized carbons (Fsp3) is 0.562. The first-order valence-corrected chi connectivity index (χ1v) is 7.57. The van der Waals surface area contributed by atoms with Gasteiger partial charge in [-0.25, -0.2) is 4.39 Å². The molecule has 130 valence electrons. The van der Waals surface area contributed by atoms with Crippen molar-refractivity contribution in [1.82, 2.24) is 10.6 Å². The first-order valence-electron chi connectivity index (χ1n) is 7.57. The monoisotopic (exact) mass is 346 g/mol. The molecule has 0 radical (unpaired) electrons. The van der Waals surface area contributed by atoms with Gasteiger partial charge in [-0.3, -0.25) is 4.79 Å². The number of benzene rings is 1. The molecule has 0 bridgehead atoms. The lowest BCUT2D eigenvalue weighted by Gasteiger charge is -2.23. The predicted octanol–water partition coefficient (Wildman–Crippen LogP) is 1.89. The highest BCUT2D eigenvalue weighted by Gasteiger charge is 2.17. The van der Waals surface area contributed by atoms with E-state index < -0.39 is 0 Å². The summed E-state index contributed by atoms with van der Waals surface area (Å²) in [5.74, 6) is -0.542. The van der Waals surface area contributed by atoms with Crippen LogP contribution in [-0.4, -0.2) is 45.4 Å². The zero-order valence-corrected chi connectivity index (χ0v) is 14.1. The molecule has 1 aromatic carbocycles. The molecule has 2 N–H and O–H groups in total. The third kappa shape index (κ3) is 6.43. The quantitative estimate of drug-likeness (QED) is 0.740. The summed E-state index contributed by atoms with van der Waals surface area (Å²) >= 11 is 0. The molecule has 1 saturated heterocycles. The number of piperidine rings is 1. The Morgan fingerprint density at radius 1 is 1.43 bits per heavy atom. The van der Waals surface area contributed by atoms with Crippen LogP contribution in [0, 0.1) is 5.82 Å². The number of hydrogen-bond acceptors (Lipinski definition) is 4. The number of carbonyl (C=O) groups is 1. The molecule has 0 spiro atoms. The molecule has 1 aliphatic rings. The highest BCUT2D eigenvalue weighted by Crippen LogP contribution is 2.13. The molecule has 0 saturated carbocycles. The van der Waals surface area contributed by atoms with E-state index in [0.717, 1.165) is 25.9 Å². The van der Waals surface area contributed by atoms with Gasteiger partial charge in [-0.2, -0.15) is 0 Å². The summed E-state index contributed by atoms with van der Waals surface area (Å²) in [4.78, 5) is 12.2. The van der Waals surface area contributed by atoms with Gasteiger partial charge in [-0.05, 0) is 37.6 Å². The first kappa shape index (κ1) is 19.8. The summed E-state index contributed by atoms with van der Waals surface area (Å²) in [6.45, 7) is 2.74. The Hall–Kier alpha value is -1.21. The van der Waals surface area contributed by atoms with E-state index in [-0.39, 0.29) is 36.8 Å². The number of amides is 1. The molecule has 1 amide bonds. The normalized spacial score (nSPS) is 17.4. The third-order valence-electron chi connectivity index (χ3n) is 3.63. The van der Waals surface area contributed by atoms with Crippen LogP contribution in [0.2, 0.25) is 0 Å². The molecule has 23 heavy (non-hydrogen) atoms. The lowest BCUT2D eigenvalue weighted by molar-refractivity contribution is 0.0603. The van der Waals surface area contributed by atoms with E-state index in [1.54, 1.807) is 13.2 Å². The van der Waals surface area contributed by atoms with Crippen molar-refractivity contribution in [3.05, 3.63) is 35.1 Å². The van der Waals surface area contributed by atoms with Gasteiger partial charge in [-0.1, -0.05) is 0 Å². The summed E-state index contributed by atoms with van der Waals surface area (Å²) in [6, 6.07) is 4.49. The molecule has 1 unspecified atom stereocenters. The van der Waals surface area contributed by atoms with Crippen molar-refractivity contribution in [2.45, 2.75) is 25.5 Å². The van der Waals surface area contributed by atoms with Crippen molar-refractivity contribution in [2.75, 3.05) is 33.4 Å². The minimum Gasteiger partial charge on any atom is -0.382 e. The zero-order valence-electron chi connectivity index (χ0n) is 13.3. The maximum atomic E-state index is 13.7. The zero-order chi connectivity index (χ0) is 15.8. The van der Waals surface area contributed by atoms with Gasteiger partial charge < -0.3 is 20.1 Å². The van der Waals surface area contributed by atoms with Gasteiger partial charge in [0.05, 0.1) is 19.8 Å². The topological polar surface area (TPSA) is 59.6 Å². The van der Waals surface area contributed by atoms with Gasteiger partial charge in [0.2, 0.25) is 0 Å². The number of rotatable bonds is 7. The average Bonchev–Trinajstić information content (AvgIpc) is 2.54. The van der Waals surface area contributed by atoms with E-state index in [1.165, 1.54) is 12.1 Å². The smallest absolute Gasteiger partial charge is 0.251 e. The van der Waals surface area contributed by atoms with E-state index >= 15 is 0 Å². The second kappa shape index (κ2) is 10.5. The fourth-order valence-corrected chi connectivity index (χ4v) is 2.39. The molecule has 5 nitrogen and oxygen atoms in total. The van der Waals surface area contributed by atoms with Crippen molar-refractivity contribution in [3.8, 4) is 0 Å². The molecule has 2 rings (SSSR count). The maximum Gasteiger partial charge on any atom is 0.251 e. The minimum absolute atomic E-state index is 0. The summed E-state index contributed by atoms with van der Waals surface area (Å²) < 4.78 is 23.9. The Morgan fingerprint density at radius 2 is 2.26 bits per heavy atom. The van der Waals surface area contributed by atoms with Crippen molar-refractivity contribution in [3.63, 3.8) is 0 Å². The molecule has 0 aliphatic carbocycles. The molecule has 1 heterocycles. The van der Waals surface area contributed by atoms with Crippen LogP contribution in [0.4, 0.5) is 4.39 Å². The Kier molecular flexibility index (Phi) is 9.09. The molecule has 0 aromatic heterocycles. The van der Waals surface area contributed by atoms with Crippen LogP contribution in [0.25, 0.3) is 0 Å². The van der Waals surface area contributed by atoms with Crippen molar-refractivity contribution in [1.29, 1.82) is 0 Å². The highest BCUT2D eigenvalue weighted by molar-refractivity contribution is 5.94. The largest absolute Gasteiger partial charge is 0.382 e. The van der Waals surface area contributed by atoms with Gasteiger partial charge in [-0.15, -0.1) is 12.4 Å². The number of carbonyl (C=O) groups excluding carboxylic acids is 1. The van der Waals surface area contributed by atoms with E-state index in [9.17, 15) is 9.18 Å². The Bertz CT molecular complexity index is 496. The van der Waals surface area contributed by atoms with Crippen molar-refractivity contribution >= 4 is 18.3 Å². The third-order valence-corrected chi connectivity index (χ3v) is 3.63. The molecule has 1 fully saturated rings. The maximum absolute atomic E-state index is 13.7. The van der Waals surface area contributed by atoms with Gasteiger partial charge in [0.25, 0.3) is 5.91 Å². The van der Waals surface area contributed by atoms with Gasteiger partial charge in [0, 0.05) is 30.8 Å². The average molecular weight is 347 g/mol. The minimum atomic E-state index is -0.367.